The molecule has 1 atom stereocenters. The van der Waals surface area contributed by atoms with E-state index in [9.17, 15) is 14.9 Å². The molecule has 2 rings (SSSR count). The molecule has 112 valence electrons. The average molecular weight is 290 g/mol. The molecular formula is C15H18N2O4. The van der Waals surface area contributed by atoms with E-state index in [1.54, 1.807) is 6.92 Å². The fraction of sp³-hybridized carbons (Fsp3) is 0.400. The van der Waals surface area contributed by atoms with E-state index in [4.69, 9.17) is 4.74 Å². The molecule has 0 radical (unpaired) electrons. The van der Waals surface area contributed by atoms with E-state index in [1.807, 2.05) is 42.0 Å². The summed E-state index contributed by atoms with van der Waals surface area (Å²) in [6, 6.07) is 7.59. The molecule has 0 N–H and O–H groups in total. The standard InChI is InChI=1S/C15H18N2O4/c1-3-16-9-12(11-7-5-6-8-14(11)16)13(10-17(19)20)15(18)21-4-2/h5-9,13H,3-4,10H2,1-2H3. The summed E-state index contributed by atoms with van der Waals surface area (Å²) in [5.74, 6) is -1.43. The zero-order valence-electron chi connectivity index (χ0n) is 12.1. The summed E-state index contributed by atoms with van der Waals surface area (Å²) in [4.78, 5) is 22.5. The van der Waals surface area contributed by atoms with Gasteiger partial charge in [-0.1, -0.05) is 18.2 Å². The van der Waals surface area contributed by atoms with Crippen LogP contribution in [0.4, 0.5) is 0 Å². The molecule has 0 fully saturated rings. The van der Waals surface area contributed by atoms with Crippen molar-refractivity contribution in [1.29, 1.82) is 0 Å². The summed E-state index contributed by atoms with van der Waals surface area (Å²) in [6.45, 7) is 4.16. The van der Waals surface area contributed by atoms with Crippen LogP contribution in [0, 0.1) is 10.1 Å². The second-order valence-corrected chi connectivity index (χ2v) is 4.71. The lowest BCUT2D eigenvalue weighted by atomic mass is 9.99. The summed E-state index contributed by atoms with van der Waals surface area (Å²) in [5.41, 5.74) is 1.62. The Labute approximate surface area is 122 Å². The van der Waals surface area contributed by atoms with Crippen LogP contribution in [-0.2, 0) is 16.1 Å². The third-order valence-corrected chi connectivity index (χ3v) is 3.44. The number of aryl methyl sites for hydroxylation is 1. The molecular weight excluding hydrogens is 272 g/mol. The van der Waals surface area contributed by atoms with Crippen molar-refractivity contribution >= 4 is 16.9 Å². The first-order valence-corrected chi connectivity index (χ1v) is 6.94. The normalized spacial score (nSPS) is 12.3. The highest BCUT2D eigenvalue weighted by Gasteiger charge is 2.30. The molecule has 0 bridgehead atoms. The number of para-hydroxylation sites is 1. The summed E-state index contributed by atoms with van der Waals surface area (Å²) in [7, 11) is 0. The predicted octanol–water partition coefficient (Wildman–Crippen LogP) is 2.58. The van der Waals surface area contributed by atoms with E-state index in [-0.39, 0.29) is 6.61 Å². The molecule has 1 unspecified atom stereocenters. The second kappa shape index (κ2) is 6.39. The van der Waals surface area contributed by atoms with Crippen molar-refractivity contribution in [2.24, 2.45) is 0 Å². The molecule has 0 aliphatic carbocycles. The number of nitro groups is 1. The Morgan fingerprint density at radius 2 is 2.10 bits per heavy atom. The molecule has 0 spiro atoms. The van der Waals surface area contributed by atoms with E-state index in [2.05, 4.69) is 0 Å². The van der Waals surface area contributed by atoms with Crippen LogP contribution in [0.25, 0.3) is 10.9 Å². The molecule has 1 aromatic heterocycles. The van der Waals surface area contributed by atoms with Gasteiger partial charge in [0.15, 0.2) is 0 Å². The minimum absolute atomic E-state index is 0.208. The molecule has 6 nitrogen and oxygen atoms in total. The number of fused-ring (bicyclic) bond motifs is 1. The van der Waals surface area contributed by atoms with Crippen LogP contribution in [0.2, 0.25) is 0 Å². The monoisotopic (exact) mass is 290 g/mol. The Balaban J connectivity index is 2.53. The van der Waals surface area contributed by atoms with Gasteiger partial charge >= 0.3 is 5.97 Å². The number of benzene rings is 1. The zero-order valence-corrected chi connectivity index (χ0v) is 12.1. The first-order chi connectivity index (χ1) is 10.1. The number of aromatic nitrogens is 1. The summed E-state index contributed by atoms with van der Waals surface area (Å²) < 4.78 is 6.98. The summed E-state index contributed by atoms with van der Waals surface area (Å²) >= 11 is 0. The molecule has 0 saturated heterocycles. The van der Waals surface area contributed by atoms with Crippen LogP contribution in [-0.4, -0.2) is 28.6 Å². The molecule has 0 saturated carbocycles. The number of ether oxygens (including phenoxy) is 1. The number of esters is 1. The topological polar surface area (TPSA) is 74.4 Å². The number of nitrogens with zero attached hydrogens (tertiary/aromatic N) is 2. The molecule has 6 heteroatoms. The van der Waals surface area contributed by atoms with E-state index < -0.39 is 23.4 Å². The van der Waals surface area contributed by atoms with Gasteiger partial charge in [0, 0.05) is 28.6 Å². The van der Waals surface area contributed by atoms with Crippen molar-refractivity contribution in [3.8, 4) is 0 Å². The number of hydrogen-bond acceptors (Lipinski definition) is 4. The van der Waals surface area contributed by atoms with Gasteiger partial charge in [0.1, 0.15) is 5.92 Å². The van der Waals surface area contributed by atoms with Crippen LogP contribution in [0.15, 0.2) is 30.5 Å². The smallest absolute Gasteiger partial charge is 0.320 e. The molecule has 21 heavy (non-hydrogen) atoms. The number of carbonyl (C=O) groups excluding carboxylic acids is 1. The molecule has 2 aromatic rings. The fourth-order valence-corrected chi connectivity index (χ4v) is 2.51. The van der Waals surface area contributed by atoms with Gasteiger partial charge in [0.05, 0.1) is 6.61 Å². The average Bonchev–Trinajstić information content (AvgIpc) is 2.83. The fourth-order valence-electron chi connectivity index (χ4n) is 2.51. The Morgan fingerprint density at radius 1 is 1.38 bits per heavy atom. The van der Waals surface area contributed by atoms with E-state index in [0.717, 1.165) is 17.4 Å². The number of carbonyl (C=O) groups is 1. The first kappa shape index (κ1) is 15.0. The summed E-state index contributed by atoms with van der Waals surface area (Å²) in [5, 5.41) is 11.8. The minimum Gasteiger partial charge on any atom is -0.465 e. The Kier molecular flexibility index (Phi) is 4.57. The lowest BCUT2D eigenvalue weighted by Crippen LogP contribution is -2.23. The van der Waals surface area contributed by atoms with Crippen molar-refractivity contribution in [2.45, 2.75) is 26.3 Å². The quantitative estimate of drug-likeness (QED) is 0.465. The summed E-state index contributed by atoms with van der Waals surface area (Å²) in [6.07, 6.45) is 1.82. The first-order valence-electron chi connectivity index (χ1n) is 6.94. The van der Waals surface area contributed by atoms with Crippen molar-refractivity contribution in [3.63, 3.8) is 0 Å². The van der Waals surface area contributed by atoms with Gasteiger partial charge in [-0.3, -0.25) is 14.9 Å². The molecule has 0 aliphatic rings. The Hall–Kier alpha value is -2.37. The zero-order chi connectivity index (χ0) is 15.4. The second-order valence-electron chi connectivity index (χ2n) is 4.71. The third kappa shape index (κ3) is 3.04. The lowest BCUT2D eigenvalue weighted by Gasteiger charge is -2.11. The molecule has 0 aliphatic heterocycles. The number of hydrogen-bond donors (Lipinski definition) is 0. The van der Waals surface area contributed by atoms with Crippen molar-refractivity contribution in [3.05, 3.63) is 46.1 Å². The number of rotatable bonds is 6. The van der Waals surface area contributed by atoms with Gasteiger partial charge in [-0.2, -0.15) is 0 Å². The third-order valence-electron chi connectivity index (χ3n) is 3.44. The van der Waals surface area contributed by atoms with Gasteiger partial charge < -0.3 is 9.30 Å². The van der Waals surface area contributed by atoms with Crippen LogP contribution >= 0.6 is 0 Å². The Morgan fingerprint density at radius 3 is 2.71 bits per heavy atom. The SMILES string of the molecule is CCOC(=O)C(C[N+](=O)[O-])c1cn(CC)c2ccccc12. The Bertz CT molecular complexity index is 663. The van der Waals surface area contributed by atoms with Crippen LogP contribution in [0.3, 0.4) is 0 Å². The maximum atomic E-state index is 12.1. The highest BCUT2D eigenvalue weighted by atomic mass is 16.6. The van der Waals surface area contributed by atoms with Crippen LogP contribution in [0.1, 0.15) is 25.3 Å². The highest BCUT2D eigenvalue weighted by molar-refractivity contribution is 5.90. The van der Waals surface area contributed by atoms with Crippen molar-refractivity contribution in [1.82, 2.24) is 4.57 Å². The van der Waals surface area contributed by atoms with Crippen LogP contribution in [0.5, 0.6) is 0 Å². The maximum Gasteiger partial charge on any atom is 0.320 e. The maximum absolute atomic E-state index is 12.1. The predicted molar refractivity (Wildman–Crippen MR) is 78.8 cm³/mol. The largest absolute Gasteiger partial charge is 0.465 e. The van der Waals surface area contributed by atoms with Gasteiger partial charge in [0.2, 0.25) is 6.54 Å². The molecule has 1 heterocycles. The molecule has 1 aromatic carbocycles. The van der Waals surface area contributed by atoms with Crippen molar-refractivity contribution in [2.75, 3.05) is 13.2 Å². The van der Waals surface area contributed by atoms with E-state index in [1.165, 1.54) is 0 Å². The van der Waals surface area contributed by atoms with E-state index in [0.29, 0.717) is 5.56 Å². The van der Waals surface area contributed by atoms with Gasteiger partial charge in [0.25, 0.3) is 0 Å². The van der Waals surface area contributed by atoms with Crippen LogP contribution < -0.4 is 0 Å². The van der Waals surface area contributed by atoms with Gasteiger partial charge in [-0.05, 0) is 25.5 Å². The molecule has 0 amide bonds. The van der Waals surface area contributed by atoms with Gasteiger partial charge in [-0.15, -0.1) is 0 Å². The van der Waals surface area contributed by atoms with Crippen molar-refractivity contribution < 1.29 is 14.5 Å². The minimum atomic E-state index is -0.877. The highest BCUT2D eigenvalue weighted by Crippen LogP contribution is 2.29. The van der Waals surface area contributed by atoms with E-state index >= 15 is 0 Å². The lowest BCUT2D eigenvalue weighted by molar-refractivity contribution is -0.481. The van der Waals surface area contributed by atoms with Gasteiger partial charge in [-0.25, -0.2) is 0 Å².